The minimum atomic E-state index is -0.512. The van der Waals surface area contributed by atoms with E-state index in [9.17, 15) is 9.59 Å². The summed E-state index contributed by atoms with van der Waals surface area (Å²) in [7, 11) is 0. The number of carbonyl (C=O) groups is 1. The number of carbonyl (C=O) groups excluding carboxylic acids is 1. The topological polar surface area (TPSA) is 108 Å². The molecule has 4 N–H and O–H groups in total. The third-order valence-electron chi connectivity index (χ3n) is 5.65. The minimum Gasteiger partial charge on any atom is -0.474 e. The first kappa shape index (κ1) is 21.3. The maximum atomic E-state index is 13.1. The van der Waals surface area contributed by atoms with Crippen LogP contribution in [-0.4, -0.2) is 29.0 Å². The largest absolute Gasteiger partial charge is 0.474 e. The second-order valence-corrected chi connectivity index (χ2v) is 7.87. The minimum absolute atomic E-state index is 0.0176. The monoisotopic (exact) mass is 453 g/mol. The zero-order valence-corrected chi connectivity index (χ0v) is 18.5. The standard InChI is InChI=1S/C26H23N5O3/c1-16-21(15-29-26-23(16)27-13-14-34-26)31-20-11-12-28-24(32)22(20)25(33)30-19-9-7-18(8-10-19)17-5-3-2-4-6-17/h2-12,15,27H,13-14H2,1H3,(H,30,33)(H2,28,31,32). The highest BCUT2D eigenvalue weighted by Crippen LogP contribution is 2.34. The number of hydrogen-bond acceptors (Lipinski definition) is 6. The molecule has 8 heteroatoms. The maximum absolute atomic E-state index is 13.1. The van der Waals surface area contributed by atoms with Crippen LogP contribution in [0.4, 0.5) is 22.7 Å². The summed E-state index contributed by atoms with van der Waals surface area (Å²) in [5, 5.41) is 9.29. The van der Waals surface area contributed by atoms with Gasteiger partial charge in [0, 0.05) is 24.0 Å². The Morgan fingerprint density at radius 3 is 2.56 bits per heavy atom. The highest BCUT2D eigenvalue weighted by atomic mass is 16.5. The number of amides is 1. The summed E-state index contributed by atoms with van der Waals surface area (Å²) in [6.07, 6.45) is 3.13. The van der Waals surface area contributed by atoms with Gasteiger partial charge in [0.25, 0.3) is 11.5 Å². The van der Waals surface area contributed by atoms with Crippen LogP contribution in [0.3, 0.4) is 0 Å². The quantitative estimate of drug-likeness (QED) is 0.353. The molecule has 0 saturated heterocycles. The lowest BCUT2D eigenvalue weighted by Crippen LogP contribution is -2.25. The molecule has 8 nitrogen and oxygen atoms in total. The summed E-state index contributed by atoms with van der Waals surface area (Å²) in [6.45, 7) is 3.16. The molecule has 1 amide bonds. The number of ether oxygens (including phenoxy) is 1. The Labute approximate surface area is 196 Å². The van der Waals surface area contributed by atoms with Gasteiger partial charge in [-0.1, -0.05) is 42.5 Å². The van der Waals surface area contributed by atoms with Crippen molar-refractivity contribution in [2.45, 2.75) is 6.92 Å². The third kappa shape index (κ3) is 4.21. The number of aromatic nitrogens is 2. The lowest BCUT2D eigenvalue weighted by Gasteiger charge is -2.22. The Morgan fingerprint density at radius 1 is 1.00 bits per heavy atom. The number of fused-ring (bicyclic) bond motifs is 1. The van der Waals surface area contributed by atoms with Crippen molar-refractivity contribution in [3.05, 3.63) is 94.5 Å². The maximum Gasteiger partial charge on any atom is 0.263 e. The fraction of sp³-hybridized carbons (Fsp3) is 0.115. The first-order chi connectivity index (χ1) is 16.6. The predicted molar refractivity (Wildman–Crippen MR) is 133 cm³/mol. The summed E-state index contributed by atoms with van der Waals surface area (Å²) in [5.41, 5.74) is 4.92. The van der Waals surface area contributed by atoms with Crippen LogP contribution in [0, 0.1) is 6.92 Å². The Kier molecular flexibility index (Phi) is 5.70. The molecule has 0 radical (unpaired) electrons. The lowest BCUT2D eigenvalue weighted by molar-refractivity contribution is 0.102. The molecule has 2 aromatic heterocycles. The first-order valence-corrected chi connectivity index (χ1v) is 10.9. The van der Waals surface area contributed by atoms with Crippen LogP contribution in [0.25, 0.3) is 11.1 Å². The molecule has 4 aromatic rings. The van der Waals surface area contributed by atoms with E-state index in [0.29, 0.717) is 36.1 Å². The van der Waals surface area contributed by atoms with Crippen LogP contribution in [0.2, 0.25) is 0 Å². The van der Waals surface area contributed by atoms with E-state index >= 15 is 0 Å². The van der Waals surface area contributed by atoms with Gasteiger partial charge in [0.05, 0.1) is 17.6 Å². The Balaban J connectivity index is 1.40. The van der Waals surface area contributed by atoms with Crippen molar-refractivity contribution in [1.29, 1.82) is 0 Å². The molecule has 0 spiro atoms. The smallest absolute Gasteiger partial charge is 0.263 e. The van der Waals surface area contributed by atoms with E-state index in [1.807, 2.05) is 61.5 Å². The number of pyridine rings is 2. The molecule has 34 heavy (non-hydrogen) atoms. The van der Waals surface area contributed by atoms with Crippen molar-refractivity contribution in [3.63, 3.8) is 0 Å². The van der Waals surface area contributed by atoms with E-state index < -0.39 is 11.5 Å². The van der Waals surface area contributed by atoms with Crippen LogP contribution in [0.1, 0.15) is 15.9 Å². The van der Waals surface area contributed by atoms with E-state index in [2.05, 4.69) is 25.9 Å². The summed E-state index contributed by atoms with van der Waals surface area (Å²) in [6, 6.07) is 19.1. The Morgan fingerprint density at radius 2 is 1.76 bits per heavy atom. The summed E-state index contributed by atoms with van der Waals surface area (Å²) in [4.78, 5) is 32.6. The number of hydrogen-bond donors (Lipinski definition) is 4. The van der Waals surface area contributed by atoms with E-state index in [1.165, 1.54) is 6.20 Å². The fourth-order valence-corrected chi connectivity index (χ4v) is 3.87. The molecule has 0 aliphatic carbocycles. The van der Waals surface area contributed by atoms with Crippen molar-refractivity contribution < 1.29 is 9.53 Å². The van der Waals surface area contributed by atoms with Gasteiger partial charge in [-0.15, -0.1) is 0 Å². The van der Waals surface area contributed by atoms with Gasteiger partial charge in [-0.3, -0.25) is 9.59 Å². The number of nitrogens with zero attached hydrogens (tertiary/aromatic N) is 1. The predicted octanol–water partition coefficient (Wildman–Crippen LogP) is 4.55. The molecule has 0 saturated carbocycles. The molecule has 1 aliphatic rings. The summed E-state index contributed by atoms with van der Waals surface area (Å²) < 4.78 is 5.57. The zero-order chi connectivity index (χ0) is 23.5. The van der Waals surface area contributed by atoms with Gasteiger partial charge >= 0.3 is 0 Å². The molecule has 3 heterocycles. The first-order valence-electron chi connectivity index (χ1n) is 10.9. The van der Waals surface area contributed by atoms with Gasteiger partial charge in [0.15, 0.2) is 0 Å². The molecular formula is C26H23N5O3. The Hall–Kier alpha value is -4.59. The molecule has 0 unspecified atom stereocenters. The van der Waals surface area contributed by atoms with Gasteiger partial charge in [-0.2, -0.15) is 0 Å². The molecule has 0 bridgehead atoms. The number of H-pyrrole nitrogens is 1. The van der Waals surface area contributed by atoms with Crippen molar-refractivity contribution in [3.8, 4) is 17.0 Å². The van der Waals surface area contributed by atoms with E-state index in [4.69, 9.17) is 4.74 Å². The number of aromatic amines is 1. The molecule has 5 rings (SSSR count). The average molecular weight is 454 g/mol. The highest BCUT2D eigenvalue weighted by Gasteiger charge is 2.20. The highest BCUT2D eigenvalue weighted by molar-refractivity contribution is 6.08. The number of benzene rings is 2. The van der Waals surface area contributed by atoms with Gasteiger partial charge in [0.1, 0.15) is 17.9 Å². The Bertz CT molecular complexity index is 1400. The summed E-state index contributed by atoms with van der Waals surface area (Å²) in [5.74, 6) is 0.0268. The van der Waals surface area contributed by atoms with Gasteiger partial charge in [-0.25, -0.2) is 4.98 Å². The van der Waals surface area contributed by atoms with Gasteiger partial charge < -0.3 is 25.7 Å². The fourth-order valence-electron chi connectivity index (χ4n) is 3.87. The number of nitrogens with one attached hydrogen (secondary N) is 4. The molecule has 0 atom stereocenters. The normalized spacial score (nSPS) is 12.1. The second-order valence-electron chi connectivity index (χ2n) is 7.87. The van der Waals surface area contributed by atoms with E-state index in [1.54, 1.807) is 12.3 Å². The van der Waals surface area contributed by atoms with E-state index in [0.717, 1.165) is 22.4 Å². The van der Waals surface area contributed by atoms with Crippen molar-refractivity contribution >= 4 is 28.7 Å². The van der Waals surface area contributed by atoms with Crippen molar-refractivity contribution in [2.75, 3.05) is 29.1 Å². The molecule has 2 aromatic carbocycles. The van der Waals surface area contributed by atoms with Gasteiger partial charge in [-0.05, 0) is 36.2 Å². The molecule has 1 aliphatic heterocycles. The van der Waals surface area contributed by atoms with Crippen molar-refractivity contribution in [2.24, 2.45) is 0 Å². The van der Waals surface area contributed by atoms with E-state index in [-0.39, 0.29) is 5.56 Å². The molecule has 0 fully saturated rings. The molecule has 170 valence electrons. The average Bonchev–Trinajstić information content (AvgIpc) is 2.87. The van der Waals surface area contributed by atoms with Crippen LogP contribution in [0.15, 0.2) is 77.9 Å². The number of rotatable bonds is 5. The van der Waals surface area contributed by atoms with Crippen LogP contribution < -0.4 is 26.2 Å². The van der Waals surface area contributed by atoms with Crippen LogP contribution in [0.5, 0.6) is 5.88 Å². The second kappa shape index (κ2) is 9.11. The van der Waals surface area contributed by atoms with Crippen molar-refractivity contribution in [1.82, 2.24) is 9.97 Å². The van der Waals surface area contributed by atoms with Crippen LogP contribution in [-0.2, 0) is 0 Å². The van der Waals surface area contributed by atoms with Gasteiger partial charge in [0.2, 0.25) is 5.88 Å². The summed E-state index contributed by atoms with van der Waals surface area (Å²) >= 11 is 0. The SMILES string of the molecule is Cc1c(Nc2cc[nH]c(=O)c2C(=O)Nc2ccc(-c3ccccc3)cc2)cnc2c1NCCO2. The van der Waals surface area contributed by atoms with Crippen LogP contribution >= 0.6 is 0 Å². The zero-order valence-electron chi connectivity index (χ0n) is 18.5. The third-order valence-corrected chi connectivity index (χ3v) is 5.65. The number of anilines is 4. The lowest BCUT2D eigenvalue weighted by atomic mass is 10.1. The molecular weight excluding hydrogens is 430 g/mol.